The van der Waals surface area contributed by atoms with Crippen LogP contribution in [0.2, 0.25) is 5.22 Å². The molecule has 0 spiro atoms. The van der Waals surface area contributed by atoms with Gasteiger partial charge in [0.05, 0.1) is 6.04 Å². The normalized spacial score (nSPS) is 12.1. The van der Waals surface area contributed by atoms with Gasteiger partial charge in [0, 0.05) is 12.4 Å². The fourth-order valence-corrected chi connectivity index (χ4v) is 1.59. The fourth-order valence-electron chi connectivity index (χ4n) is 1.44. The number of nitrogens with zero attached hydrogens (tertiary/aromatic N) is 1. The molecule has 2 aromatic rings. The highest BCUT2D eigenvalue weighted by Crippen LogP contribution is 2.15. The summed E-state index contributed by atoms with van der Waals surface area (Å²) in [5.74, 6) is -0.0860. The van der Waals surface area contributed by atoms with Gasteiger partial charge in [-0.15, -0.1) is 0 Å². The standard InChI is InChI=1S/C12H11ClN2O2/c1-8(9-4-6-14-7-5-9)15-12(16)10-2-3-11(13)17-10/h2-8H,1H3,(H,15,16). The molecular formula is C12H11ClN2O2. The molecule has 1 N–H and O–H groups in total. The van der Waals surface area contributed by atoms with Crippen molar-refractivity contribution < 1.29 is 9.21 Å². The molecule has 0 aliphatic heterocycles. The van der Waals surface area contributed by atoms with Gasteiger partial charge in [0.1, 0.15) is 0 Å². The zero-order valence-electron chi connectivity index (χ0n) is 9.18. The Labute approximate surface area is 104 Å². The highest BCUT2D eigenvalue weighted by Gasteiger charge is 2.14. The van der Waals surface area contributed by atoms with E-state index in [0.717, 1.165) is 5.56 Å². The van der Waals surface area contributed by atoms with E-state index in [1.807, 2.05) is 19.1 Å². The van der Waals surface area contributed by atoms with Crippen molar-refractivity contribution in [3.8, 4) is 0 Å². The number of aromatic nitrogens is 1. The lowest BCUT2D eigenvalue weighted by molar-refractivity contribution is 0.0912. The molecule has 4 nitrogen and oxygen atoms in total. The van der Waals surface area contributed by atoms with E-state index in [4.69, 9.17) is 16.0 Å². The third-order valence-corrected chi connectivity index (χ3v) is 2.55. The summed E-state index contributed by atoms with van der Waals surface area (Å²) in [6.45, 7) is 1.89. The van der Waals surface area contributed by atoms with Crippen molar-refractivity contribution in [3.05, 3.63) is 53.2 Å². The van der Waals surface area contributed by atoms with E-state index in [1.165, 1.54) is 12.1 Å². The van der Waals surface area contributed by atoms with Gasteiger partial charge in [-0.1, -0.05) is 0 Å². The van der Waals surface area contributed by atoms with Gasteiger partial charge in [0.25, 0.3) is 5.91 Å². The number of carbonyl (C=O) groups excluding carboxylic acids is 1. The Bertz CT molecular complexity index is 510. The number of rotatable bonds is 3. The molecule has 1 atom stereocenters. The Morgan fingerprint density at radius 2 is 2.06 bits per heavy atom. The molecule has 2 heterocycles. The number of halogens is 1. The fraction of sp³-hybridized carbons (Fsp3) is 0.167. The van der Waals surface area contributed by atoms with Crippen LogP contribution in [0.1, 0.15) is 29.1 Å². The number of furan rings is 1. The van der Waals surface area contributed by atoms with Crippen LogP contribution in [-0.4, -0.2) is 10.9 Å². The minimum Gasteiger partial charge on any atom is -0.440 e. The van der Waals surface area contributed by atoms with Crippen LogP contribution in [0.3, 0.4) is 0 Å². The third kappa shape index (κ3) is 2.85. The second-order valence-corrected chi connectivity index (χ2v) is 3.95. The highest BCUT2D eigenvalue weighted by atomic mass is 35.5. The van der Waals surface area contributed by atoms with Crippen molar-refractivity contribution in [3.63, 3.8) is 0 Å². The van der Waals surface area contributed by atoms with E-state index in [1.54, 1.807) is 12.4 Å². The second-order valence-electron chi connectivity index (χ2n) is 3.58. The van der Waals surface area contributed by atoms with Crippen LogP contribution in [0.15, 0.2) is 41.1 Å². The summed E-state index contributed by atoms with van der Waals surface area (Å²) in [4.78, 5) is 15.7. The Morgan fingerprint density at radius 3 is 2.65 bits per heavy atom. The van der Waals surface area contributed by atoms with Crippen LogP contribution >= 0.6 is 11.6 Å². The Kier molecular flexibility index (Phi) is 3.44. The summed E-state index contributed by atoms with van der Waals surface area (Å²) >= 11 is 5.60. The second kappa shape index (κ2) is 5.01. The lowest BCUT2D eigenvalue weighted by Crippen LogP contribution is -2.26. The predicted molar refractivity (Wildman–Crippen MR) is 63.8 cm³/mol. The Morgan fingerprint density at radius 1 is 1.35 bits per heavy atom. The van der Waals surface area contributed by atoms with Gasteiger partial charge in [0.15, 0.2) is 11.0 Å². The van der Waals surface area contributed by atoms with Crippen molar-refractivity contribution in [1.29, 1.82) is 0 Å². The summed E-state index contributed by atoms with van der Waals surface area (Å²) in [6.07, 6.45) is 3.36. The van der Waals surface area contributed by atoms with Gasteiger partial charge < -0.3 is 9.73 Å². The van der Waals surface area contributed by atoms with E-state index < -0.39 is 0 Å². The highest BCUT2D eigenvalue weighted by molar-refractivity contribution is 6.29. The number of carbonyl (C=O) groups is 1. The maximum Gasteiger partial charge on any atom is 0.287 e. The van der Waals surface area contributed by atoms with E-state index in [2.05, 4.69) is 10.3 Å². The maximum absolute atomic E-state index is 11.8. The van der Waals surface area contributed by atoms with Gasteiger partial charge in [0.2, 0.25) is 0 Å². The molecule has 0 saturated carbocycles. The monoisotopic (exact) mass is 250 g/mol. The largest absolute Gasteiger partial charge is 0.440 e. The Hall–Kier alpha value is -1.81. The smallest absolute Gasteiger partial charge is 0.287 e. The number of hydrogen-bond donors (Lipinski definition) is 1. The van der Waals surface area contributed by atoms with Crippen molar-refractivity contribution >= 4 is 17.5 Å². The van der Waals surface area contributed by atoms with Gasteiger partial charge in [-0.05, 0) is 48.4 Å². The van der Waals surface area contributed by atoms with Crippen LogP contribution < -0.4 is 5.32 Å². The summed E-state index contributed by atoms with van der Waals surface area (Å²) in [5, 5.41) is 3.01. The average Bonchev–Trinajstić information content (AvgIpc) is 2.77. The van der Waals surface area contributed by atoms with Gasteiger partial charge in [-0.2, -0.15) is 0 Å². The molecule has 2 aromatic heterocycles. The van der Waals surface area contributed by atoms with E-state index in [0.29, 0.717) is 0 Å². The van der Waals surface area contributed by atoms with Crippen LogP contribution in [0.4, 0.5) is 0 Å². The summed E-state index contributed by atoms with van der Waals surface area (Å²) in [5.41, 5.74) is 0.978. The van der Waals surface area contributed by atoms with Crippen LogP contribution in [-0.2, 0) is 0 Å². The number of amides is 1. The number of pyridine rings is 1. The Balaban J connectivity index is 2.04. The quantitative estimate of drug-likeness (QED) is 0.911. The predicted octanol–water partition coefficient (Wildman–Crippen LogP) is 2.82. The summed E-state index contributed by atoms with van der Waals surface area (Å²) < 4.78 is 5.02. The van der Waals surface area contributed by atoms with Crippen LogP contribution in [0.25, 0.3) is 0 Å². The molecule has 0 bridgehead atoms. The molecule has 0 saturated heterocycles. The van der Waals surface area contributed by atoms with E-state index >= 15 is 0 Å². The molecule has 1 amide bonds. The van der Waals surface area contributed by atoms with Gasteiger partial charge in [-0.25, -0.2) is 0 Å². The third-order valence-electron chi connectivity index (χ3n) is 2.35. The minimum absolute atomic E-state index is 0.116. The first-order valence-corrected chi connectivity index (χ1v) is 5.51. The summed E-state index contributed by atoms with van der Waals surface area (Å²) in [6, 6.07) is 6.65. The zero-order chi connectivity index (χ0) is 12.3. The minimum atomic E-state index is -0.291. The first-order valence-electron chi connectivity index (χ1n) is 5.13. The van der Waals surface area contributed by atoms with Crippen molar-refractivity contribution in [2.45, 2.75) is 13.0 Å². The van der Waals surface area contributed by atoms with Crippen molar-refractivity contribution in [2.24, 2.45) is 0 Å². The van der Waals surface area contributed by atoms with Crippen LogP contribution in [0.5, 0.6) is 0 Å². The van der Waals surface area contributed by atoms with Gasteiger partial charge in [-0.3, -0.25) is 9.78 Å². The molecule has 2 rings (SSSR count). The molecule has 0 aliphatic rings. The first kappa shape index (κ1) is 11.7. The molecule has 1 unspecified atom stereocenters. The van der Waals surface area contributed by atoms with Crippen molar-refractivity contribution in [2.75, 3.05) is 0 Å². The molecule has 0 fully saturated rings. The van der Waals surface area contributed by atoms with E-state index in [-0.39, 0.29) is 22.9 Å². The zero-order valence-corrected chi connectivity index (χ0v) is 9.94. The molecule has 0 radical (unpaired) electrons. The first-order chi connectivity index (χ1) is 8.16. The lowest BCUT2D eigenvalue weighted by Gasteiger charge is -2.12. The molecule has 5 heteroatoms. The molecular weight excluding hydrogens is 240 g/mol. The number of nitrogens with one attached hydrogen (secondary N) is 1. The van der Waals surface area contributed by atoms with Crippen LogP contribution in [0, 0.1) is 0 Å². The molecule has 0 aliphatic carbocycles. The average molecular weight is 251 g/mol. The van der Waals surface area contributed by atoms with E-state index in [9.17, 15) is 4.79 Å². The van der Waals surface area contributed by atoms with Gasteiger partial charge >= 0.3 is 0 Å². The molecule has 0 aromatic carbocycles. The van der Waals surface area contributed by atoms with Crippen molar-refractivity contribution in [1.82, 2.24) is 10.3 Å². The molecule has 17 heavy (non-hydrogen) atoms. The lowest BCUT2D eigenvalue weighted by atomic mass is 10.1. The topological polar surface area (TPSA) is 55.1 Å². The maximum atomic E-state index is 11.8. The summed E-state index contributed by atoms with van der Waals surface area (Å²) in [7, 11) is 0. The SMILES string of the molecule is CC(NC(=O)c1ccc(Cl)o1)c1ccncc1. The molecule has 88 valence electrons. The number of hydrogen-bond acceptors (Lipinski definition) is 3.